The standard InChI is InChI=1S/C31H39N3O5S/c1-7-28(31(36)32-8-2)33(20-25-10-9-11-26(19-25)39-6)30(35)21-34(29-17-14-23(4)18-24(29)5)40(37,38)27-15-12-22(3)13-16-27/h9-19,28H,7-8,20-21H2,1-6H3,(H,32,36)/t28-/m1/s1. The third-order valence-corrected chi connectivity index (χ3v) is 8.51. The van der Waals surface area contributed by atoms with E-state index in [1.807, 2.05) is 58.9 Å². The lowest BCUT2D eigenvalue weighted by atomic mass is 10.1. The molecule has 0 fully saturated rings. The second-order valence-electron chi connectivity index (χ2n) is 9.81. The van der Waals surface area contributed by atoms with E-state index in [4.69, 9.17) is 4.74 Å². The average Bonchev–Trinajstić information content (AvgIpc) is 2.92. The van der Waals surface area contributed by atoms with Gasteiger partial charge in [0, 0.05) is 13.1 Å². The molecule has 3 rings (SSSR count). The molecular weight excluding hydrogens is 526 g/mol. The average molecular weight is 566 g/mol. The molecule has 0 aliphatic carbocycles. The van der Waals surface area contributed by atoms with Crippen LogP contribution in [0, 0.1) is 20.8 Å². The van der Waals surface area contributed by atoms with E-state index < -0.39 is 28.5 Å². The molecule has 0 heterocycles. The minimum Gasteiger partial charge on any atom is -0.497 e. The molecule has 8 nitrogen and oxygen atoms in total. The third kappa shape index (κ3) is 7.21. The van der Waals surface area contributed by atoms with E-state index in [9.17, 15) is 18.0 Å². The van der Waals surface area contributed by atoms with Gasteiger partial charge in [0.15, 0.2) is 0 Å². The second kappa shape index (κ2) is 13.5. The lowest BCUT2D eigenvalue weighted by Gasteiger charge is -2.33. The highest BCUT2D eigenvalue weighted by atomic mass is 32.2. The number of anilines is 1. The molecule has 0 aromatic heterocycles. The lowest BCUT2D eigenvalue weighted by molar-refractivity contribution is -0.140. The number of carbonyl (C=O) groups excluding carboxylic acids is 2. The Labute approximate surface area is 238 Å². The van der Waals surface area contributed by atoms with Gasteiger partial charge in [0.05, 0.1) is 17.7 Å². The summed E-state index contributed by atoms with van der Waals surface area (Å²) in [4.78, 5) is 28.7. The molecular formula is C31H39N3O5S. The quantitative estimate of drug-likeness (QED) is 0.342. The first-order chi connectivity index (χ1) is 19.0. The van der Waals surface area contributed by atoms with Crippen molar-refractivity contribution in [1.82, 2.24) is 10.2 Å². The predicted octanol–water partition coefficient (Wildman–Crippen LogP) is 4.76. The first kappa shape index (κ1) is 30.7. The fourth-order valence-corrected chi connectivity index (χ4v) is 6.09. The Morgan fingerprint density at radius 3 is 2.20 bits per heavy atom. The smallest absolute Gasteiger partial charge is 0.264 e. The van der Waals surface area contributed by atoms with Gasteiger partial charge in [0.25, 0.3) is 10.0 Å². The SMILES string of the molecule is CCNC(=O)[C@@H](CC)N(Cc1cccc(OC)c1)C(=O)CN(c1ccc(C)cc1C)S(=O)(=O)c1ccc(C)cc1. The lowest BCUT2D eigenvalue weighted by Crippen LogP contribution is -2.52. The summed E-state index contributed by atoms with van der Waals surface area (Å²) >= 11 is 0. The maximum absolute atomic E-state index is 14.1. The number of nitrogens with one attached hydrogen (secondary N) is 1. The summed E-state index contributed by atoms with van der Waals surface area (Å²) in [6.45, 7) is 9.32. The normalized spacial score (nSPS) is 11.9. The van der Waals surface area contributed by atoms with Crippen molar-refractivity contribution in [2.24, 2.45) is 0 Å². The van der Waals surface area contributed by atoms with Gasteiger partial charge in [-0.05, 0) is 75.6 Å². The maximum Gasteiger partial charge on any atom is 0.264 e. The van der Waals surface area contributed by atoms with Gasteiger partial charge >= 0.3 is 0 Å². The van der Waals surface area contributed by atoms with Gasteiger partial charge in [-0.25, -0.2) is 8.42 Å². The van der Waals surface area contributed by atoms with Crippen molar-refractivity contribution in [2.45, 2.75) is 58.5 Å². The largest absolute Gasteiger partial charge is 0.497 e. The molecule has 0 aliphatic heterocycles. The summed E-state index contributed by atoms with van der Waals surface area (Å²) in [6.07, 6.45) is 0.357. The van der Waals surface area contributed by atoms with Crippen LogP contribution in [0.4, 0.5) is 5.69 Å². The van der Waals surface area contributed by atoms with Crippen molar-refractivity contribution in [2.75, 3.05) is 24.5 Å². The van der Waals surface area contributed by atoms with Crippen molar-refractivity contribution in [3.05, 3.63) is 89.0 Å². The molecule has 0 aliphatic rings. The van der Waals surface area contributed by atoms with Crippen molar-refractivity contribution in [3.63, 3.8) is 0 Å². The van der Waals surface area contributed by atoms with Crippen molar-refractivity contribution < 1.29 is 22.7 Å². The summed E-state index contributed by atoms with van der Waals surface area (Å²) in [7, 11) is -2.56. The Hall–Kier alpha value is -3.85. The number of carbonyl (C=O) groups is 2. The van der Waals surface area contributed by atoms with Crippen LogP contribution in [0.1, 0.15) is 42.5 Å². The number of likely N-dealkylation sites (N-methyl/N-ethyl adjacent to an activating group) is 1. The fourth-order valence-electron chi connectivity index (χ4n) is 4.62. The molecule has 2 amide bonds. The molecule has 0 radical (unpaired) electrons. The summed E-state index contributed by atoms with van der Waals surface area (Å²) < 4.78 is 34.5. The highest BCUT2D eigenvalue weighted by molar-refractivity contribution is 7.92. The molecule has 3 aromatic carbocycles. The van der Waals surface area contributed by atoms with Crippen LogP contribution >= 0.6 is 0 Å². The molecule has 0 bridgehead atoms. The number of amides is 2. The van der Waals surface area contributed by atoms with E-state index in [1.165, 1.54) is 4.90 Å². The Bertz CT molecular complexity index is 1440. The van der Waals surface area contributed by atoms with E-state index in [-0.39, 0.29) is 17.3 Å². The maximum atomic E-state index is 14.1. The van der Waals surface area contributed by atoms with Gasteiger partial charge in [-0.2, -0.15) is 0 Å². The number of ether oxygens (including phenoxy) is 1. The second-order valence-corrected chi connectivity index (χ2v) is 11.7. The third-order valence-electron chi connectivity index (χ3n) is 6.73. The van der Waals surface area contributed by atoms with Crippen LogP contribution in [-0.2, 0) is 26.2 Å². The van der Waals surface area contributed by atoms with Crippen molar-refractivity contribution in [1.29, 1.82) is 0 Å². The molecule has 0 saturated heterocycles. The number of hydrogen-bond acceptors (Lipinski definition) is 5. The van der Waals surface area contributed by atoms with Crippen LogP contribution in [-0.4, -0.2) is 51.4 Å². The molecule has 3 aromatic rings. The van der Waals surface area contributed by atoms with Crippen molar-refractivity contribution in [3.8, 4) is 5.75 Å². The first-order valence-electron chi connectivity index (χ1n) is 13.4. The highest BCUT2D eigenvalue weighted by Crippen LogP contribution is 2.29. The van der Waals surface area contributed by atoms with Crippen molar-refractivity contribution >= 4 is 27.5 Å². The van der Waals surface area contributed by atoms with Crippen LogP contribution in [0.5, 0.6) is 5.75 Å². The molecule has 1 N–H and O–H groups in total. The minimum atomic E-state index is -4.12. The predicted molar refractivity (Wildman–Crippen MR) is 158 cm³/mol. The summed E-state index contributed by atoms with van der Waals surface area (Å²) in [5.41, 5.74) is 3.79. The number of sulfonamides is 1. The van der Waals surface area contributed by atoms with Crippen LogP contribution < -0.4 is 14.4 Å². The number of nitrogens with zero attached hydrogens (tertiary/aromatic N) is 2. The monoisotopic (exact) mass is 565 g/mol. The van der Waals surface area contributed by atoms with Crippen LogP contribution in [0.25, 0.3) is 0 Å². The molecule has 0 spiro atoms. The molecule has 9 heteroatoms. The van der Waals surface area contributed by atoms with Crippen LogP contribution in [0.2, 0.25) is 0 Å². The number of benzene rings is 3. The first-order valence-corrected chi connectivity index (χ1v) is 14.8. The Morgan fingerprint density at radius 1 is 0.925 bits per heavy atom. The zero-order valence-electron chi connectivity index (χ0n) is 24.1. The van der Waals surface area contributed by atoms with Gasteiger partial charge < -0.3 is 15.0 Å². The van der Waals surface area contributed by atoms with E-state index in [1.54, 1.807) is 49.6 Å². The van der Waals surface area contributed by atoms with E-state index >= 15 is 0 Å². The topological polar surface area (TPSA) is 96.0 Å². The minimum absolute atomic E-state index is 0.0842. The van der Waals surface area contributed by atoms with Gasteiger partial charge in [0.2, 0.25) is 11.8 Å². The van der Waals surface area contributed by atoms with E-state index in [0.29, 0.717) is 24.4 Å². The van der Waals surface area contributed by atoms with Gasteiger partial charge in [-0.1, -0.05) is 54.4 Å². The molecule has 1 atom stereocenters. The number of methoxy groups -OCH3 is 1. The number of rotatable bonds is 12. The Morgan fingerprint density at radius 2 is 1.60 bits per heavy atom. The Kier molecular flexibility index (Phi) is 10.3. The summed E-state index contributed by atoms with van der Waals surface area (Å²) in [5.74, 6) is -0.160. The van der Waals surface area contributed by atoms with Crippen LogP contribution in [0.15, 0.2) is 71.6 Å². The van der Waals surface area contributed by atoms with E-state index in [0.717, 1.165) is 26.6 Å². The number of hydrogen-bond donors (Lipinski definition) is 1. The Balaban J connectivity index is 2.10. The summed E-state index contributed by atoms with van der Waals surface area (Å²) in [5, 5.41) is 2.81. The fraction of sp³-hybridized carbons (Fsp3) is 0.355. The molecule has 40 heavy (non-hydrogen) atoms. The molecule has 0 saturated carbocycles. The van der Waals surface area contributed by atoms with Gasteiger partial charge in [-0.3, -0.25) is 13.9 Å². The summed E-state index contributed by atoms with van der Waals surface area (Å²) in [6, 6.07) is 18.4. The molecule has 214 valence electrons. The van der Waals surface area contributed by atoms with Gasteiger partial charge in [0.1, 0.15) is 18.3 Å². The van der Waals surface area contributed by atoms with Gasteiger partial charge in [-0.15, -0.1) is 0 Å². The number of aryl methyl sites for hydroxylation is 3. The molecule has 0 unspecified atom stereocenters. The van der Waals surface area contributed by atoms with E-state index in [2.05, 4.69) is 5.32 Å². The zero-order valence-corrected chi connectivity index (χ0v) is 24.9. The van der Waals surface area contributed by atoms with Crippen LogP contribution in [0.3, 0.4) is 0 Å². The zero-order chi connectivity index (χ0) is 29.4. The highest BCUT2D eigenvalue weighted by Gasteiger charge is 2.34.